The summed E-state index contributed by atoms with van der Waals surface area (Å²) in [4.78, 5) is 4.68. The van der Waals surface area contributed by atoms with Gasteiger partial charge in [-0.05, 0) is 68.7 Å². The first kappa shape index (κ1) is 15.5. The molecule has 1 saturated heterocycles. The third-order valence-electron chi connectivity index (χ3n) is 4.85. The van der Waals surface area contributed by atoms with Crippen LogP contribution in [-0.2, 0) is 4.74 Å². The first-order valence-electron chi connectivity index (χ1n) is 8.89. The summed E-state index contributed by atoms with van der Waals surface area (Å²) in [5.41, 5.74) is 2.57. The Labute approximate surface area is 134 Å². The molecule has 2 heterocycles. The summed E-state index contributed by atoms with van der Waals surface area (Å²) in [6, 6.07) is 8.91. The van der Waals surface area contributed by atoms with Gasteiger partial charge in [0, 0.05) is 18.7 Å². The zero-order valence-electron chi connectivity index (χ0n) is 13.7. The Balaban J connectivity index is 1.72. The highest BCUT2D eigenvalue weighted by Crippen LogP contribution is 2.24. The van der Waals surface area contributed by atoms with Crippen molar-refractivity contribution in [1.82, 2.24) is 5.32 Å². The number of hydrogen-bond donors (Lipinski definition) is 1. The minimum absolute atomic E-state index is 0.321. The summed E-state index contributed by atoms with van der Waals surface area (Å²) in [5.74, 6) is 1.51. The van der Waals surface area contributed by atoms with Crippen LogP contribution in [0, 0.1) is 0 Å². The predicted molar refractivity (Wildman–Crippen MR) is 91.7 cm³/mol. The molecule has 0 amide bonds. The molecule has 0 aromatic heterocycles. The molecule has 1 fully saturated rings. The molecule has 2 aliphatic rings. The van der Waals surface area contributed by atoms with E-state index >= 15 is 0 Å². The Morgan fingerprint density at radius 1 is 1.14 bits per heavy atom. The van der Waals surface area contributed by atoms with Gasteiger partial charge in [-0.25, -0.2) is 0 Å². The fourth-order valence-electron chi connectivity index (χ4n) is 3.40. The van der Waals surface area contributed by atoms with Gasteiger partial charge in [0.2, 0.25) is 5.90 Å². The quantitative estimate of drug-likeness (QED) is 0.919. The molecule has 0 aliphatic carbocycles. The Kier molecular flexibility index (Phi) is 5.49. The third kappa shape index (κ3) is 3.89. The van der Waals surface area contributed by atoms with E-state index in [1.165, 1.54) is 31.2 Å². The van der Waals surface area contributed by atoms with Crippen molar-refractivity contribution in [2.45, 2.75) is 57.5 Å². The summed E-state index contributed by atoms with van der Waals surface area (Å²) in [5, 5.41) is 3.49. The number of nitrogens with one attached hydrogen (secondary N) is 1. The molecule has 1 aromatic rings. The van der Waals surface area contributed by atoms with E-state index in [-0.39, 0.29) is 0 Å². The lowest BCUT2D eigenvalue weighted by atomic mass is 9.91. The van der Waals surface area contributed by atoms with E-state index in [0.29, 0.717) is 12.0 Å². The maximum atomic E-state index is 6.15. The highest BCUT2D eigenvalue weighted by atomic mass is 16.5. The van der Waals surface area contributed by atoms with Crippen molar-refractivity contribution in [3.63, 3.8) is 0 Å². The first-order chi connectivity index (χ1) is 10.9. The van der Waals surface area contributed by atoms with Gasteiger partial charge >= 0.3 is 0 Å². The molecule has 1 N–H and O–H groups in total. The van der Waals surface area contributed by atoms with Gasteiger partial charge in [0.1, 0.15) is 6.10 Å². The number of ether oxygens (including phenoxy) is 1. The molecule has 0 saturated carbocycles. The van der Waals surface area contributed by atoms with Gasteiger partial charge in [0.25, 0.3) is 0 Å². The lowest BCUT2D eigenvalue weighted by Gasteiger charge is -2.24. The summed E-state index contributed by atoms with van der Waals surface area (Å²) < 4.78 is 6.15. The lowest BCUT2D eigenvalue weighted by Crippen LogP contribution is -2.28. The second kappa shape index (κ2) is 7.77. The van der Waals surface area contributed by atoms with Gasteiger partial charge < -0.3 is 10.1 Å². The van der Waals surface area contributed by atoms with Crippen molar-refractivity contribution in [3.05, 3.63) is 35.4 Å². The van der Waals surface area contributed by atoms with E-state index in [2.05, 4.69) is 41.5 Å². The molecular formula is C19H28N2O. The Morgan fingerprint density at radius 3 is 2.73 bits per heavy atom. The van der Waals surface area contributed by atoms with Gasteiger partial charge in [-0.1, -0.05) is 19.1 Å². The van der Waals surface area contributed by atoms with Gasteiger partial charge in [-0.15, -0.1) is 0 Å². The van der Waals surface area contributed by atoms with Crippen molar-refractivity contribution < 1.29 is 4.74 Å². The Morgan fingerprint density at radius 2 is 2.00 bits per heavy atom. The van der Waals surface area contributed by atoms with E-state index in [0.717, 1.165) is 43.9 Å². The molecule has 1 aromatic carbocycles. The van der Waals surface area contributed by atoms with Crippen LogP contribution in [0.4, 0.5) is 0 Å². The van der Waals surface area contributed by atoms with E-state index < -0.39 is 0 Å². The molecule has 0 spiro atoms. The minimum atomic E-state index is 0.321. The number of piperidine rings is 1. The third-order valence-corrected chi connectivity index (χ3v) is 4.85. The molecule has 0 bridgehead atoms. The Hall–Kier alpha value is -1.35. The standard InChI is InChI=1S/C19H28N2O/c1-2-18-7-3-4-13-21-19(22-18)16-10-8-15(9-11-16)17-6-5-12-20-14-17/h8-11,17-18,20H,2-7,12-14H2,1H3. The number of benzene rings is 1. The minimum Gasteiger partial charge on any atom is -0.474 e. The van der Waals surface area contributed by atoms with Crippen LogP contribution in [0.1, 0.15) is 62.5 Å². The zero-order chi connectivity index (χ0) is 15.2. The molecule has 2 aliphatic heterocycles. The molecule has 3 nitrogen and oxygen atoms in total. The van der Waals surface area contributed by atoms with Crippen LogP contribution < -0.4 is 5.32 Å². The van der Waals surface area contributed by atoms with Crippen LogP contribution in [0.5, 0.6) is 0 Å². The highest BCUT2D eigenvalue weighted by molar-refractivity contribution is 5.94. The largest absolute Gasteiger partial charge is 0.474 e. The summed E-state index contributed by atoms with van der Waals surface area (Å²) in [7, 11) is 0. The van der Waals surface area contributed by atoms with Crippen LogP contribution in [-0.4, -0.2) is 31.6 Å². The smallest absolute Gasteiger partial charge is 0.216 e. The van der Waals surface area contributed by atoms with Gasteiger partial charge in [0.15, 0.2) is 0 Å². The monoisotopic (exact) mass is 300 g/mol. The van der Waals surface area contributed by atoms with E-state index in [4.69, 9.17) is 4.74 Å². The van der Waals surface area contributed by atoms with E-state index in [1.54, 1.807) is 0 Å². The Bertz CT molecular complexity index is 489. The lowest BCUT2D eigenvalue weighted by molar-refractivity contribution is 0.166. The first-order valence-corrected chi connectivity index (χ1v) is 8.89. The molecule has 0 radical (unpaired) electrons. The average Bonchev–Trinajstić information content (AvgIpc) is 2.56. The SMILES string of the molecule is CCC1CCCCN=C(c2ccc(C3CCCNC3)cc2)O1. The van der Waals surface area contributed by atoms with Gasteiger partial charge in [-0.2, -0.15) is 0 Å². The number of rotatable bonds is 3. The maximum absolute atomic E-state index is 6.15. The topological polar surface area (TPSA) is 33.6 Å². The van der Waals surface area contributed by atoms with Crippen molar-refractivity contribution in [3.8, 4) is 0 Å². The molecule has 3 heteroatoms. The van der Waals surface area contributed by atoms with Crippen LogP contribution in [0.2, 0.25) is 0 Å². The second-order valence-electron chi connectivity index (χ2n) is 6.50. The van der Waals surface area contributed by atoms with Crippen molar-refractivity contribution in [1.29, 1.82) is 0 Å². The van der Waals surface area contributed by atoms with Crippen molar-refractivity contribution >= 4 is 5.90 Å². The molecule has 120 valence electrons. The number of nitrogens with zero attached hydrogens (tertiary/aromatic N) is 1. The number of hydrogen-bond acceptors (Lipinski definition) is 3. The van der Waals surface area contributed by atoms with Gasteiger partial charge in [0.05, 0.1) is 0 Å². The van der Waals surface area contributed by atoms with Crippen LogP contribution >= 0.6 is 0 Å². The van der Waals surface area contributed by atoms with Crippen LogP contribution in [0.15, 0.2) is 29.3 Å². The summed E-state index contributed by atoms with van der Waals surface area (Å²) in [6.07, 6.45) is 7.51. The van der Waals surface area contributed by atoms with E-state index in [1.807, 2.05) is 0 Å². The molecule has 22 heavy (non-hydrogen) atoms. The normalized spacial score (nSPS) is 26.5. The highest BCUT2D eigenvalue weighted by Gasteiger charge is 2.17. The second-order valence-corrected chi connectivity index (χ2v) is 6.50. The number of aliphatic imine (C=N–C) groups is 1. The van der Waals surface area contributed by atoms with E-state index in [9.17, 15) is 0 Å². The fraction of sp³-hybridized carbons (Fsp3) is 0.632. The molecule has 2 unspecified atom stereocenters. The fourth-order valence-corrected chi connectivity index (χ4v) is 3.40. The predicted octanol–water partition coefficient (Wildman–Crippen LogP) is 3.88. The molecule has 3 rings (SSSR count). The van der Waals surface area contributed by atoms with Crippen molar-refractivity contribution in [2.24, 2.45) is 4.99 Å². The summed E-state index contributed by atoms with van der Waals surface area (Å²) in [6.45, 7) is 5.36. The zero-order valence-corrected chi connectivity index (χ0v) is 13.7. The maximum Gasteiger partial charge on any atom is 0.216 e. The van der Waals surface area contributed by atoms with Crippen molar-refractivity contribution in [2.75, 3.05) is 19.6 Å². The molecule has 2 atom stereocenters. The van der Waals surface area contributed by atoms with Crippen LogP contribution in [0.3, 0.4) is 0 Å². The summed E-state index contributed by atoms with van der Waals surface area (Å²) >= 11 is 0. The van der Waals surface area contributed by atoms with Crippen LogP contribution in [0.25, 0.3) is 0 Å². The average molecular weight is 300 g/mol. The van der Waals surface area contributed by atoms with Gasteiger partial charge in [-0.3, -0.25) is 4.99 Å². The molecular weight excluding hydrogens is 272 g/mol.